The van der Waals surface area contributed by atoms with Crippen LogP contribution in [0.1, 0.15) is 9.67 Å². The van der Waals surface area contributed by atoms with Crippen LogP contribution in [0.4, 0.5) is 10.9 Å². The van der Waals surface area contributed by atoms with Crippen LogP contribution in [0.15, 0.2) is 0 Å². The van der Waals surface area contributed by atoms with Gasteiger partial charge in [0.1, 0.15) is 10.7 Å². The van der Waals surface area contributed by atoms with Crippen molar-refractivity contribution in [1.29, 1.82) is 0 Å². The van der Waals surface area contributed by atoms with Gasteiger partial charge in [-0.1, -0.05) is 17.3 Å². The lowest BCUT2D eigenvalue weighted by atomic mass is 10.4. The molecule has 7 heteroatoms. The van der Waals surface area contributed by atoms with Crippen molar-refractivity contribution in [3.05, 3.63) is 4.88 Å². The number of nitrogens with one attached hydrogen (secondary N) is 2. The number of anilines is 2. The fraction of sp³-hybridized carbons (Fsp3) is 0.455. The van der Waals surface area contributed by atoms with E-state index in [4.69, 9.17) is 12.2 Å². The maximum absolute atomic E-state index is 11.8. The fourth-order valence-electron chi connectivity index (χ4n) is 1.69. The molecule has 1 fully saturated rings. The average molecular weight is 265 g/mol. The zero-order valence-corrected chi connectivity index (χ0v) is 10.7. The number of carbonyl (C=O) groups excluding carboxylic acids is 1. The summed E-state index contributed by atoms with van der Waals surface area (Å²) >= 11 is 1.31. The Kier molecular flexibility index (Phi) is 4.02. The minimum Gasteiger partial charge on any atom is -0.382 e. The summed E-state index contributed by atoms with van der Waals surface area (Å²) in [5, 5.41) is 6.64. The van der Waals surface area contributed by atoms with Crippen LogP contribution in [0, 0.1) is 12.3 Å². The van der Waals surface area contributed by atoms with Gasteiger partial charge >= 0.3 is 0 Å². The molecule has 1 amide bonds. The summed E-state index contributed by atoms with van der Waals surface area (Å²) in [4.78, 5) is 18.6. The van der Waals surface area contributed by atoms with Crippen LogP contribution in [0.5, 0.6) is 0 Å². The number of carbonyl (C=O) groups is 1. The van der Waals surface area contributed by atoms with Gasteiger partial charge in [-0.15, -0.1) is 6.42 Å². The molecule has 1 saturated heterocycles. The Balaban J connectivity index is 2.11. The normalized spacial score (nSPS) is 15.2. The fourth-order valence-corrected chi connectivity index (χ4v) is 2.64. The first-order chi connectivity index (χ1) is 8.72. The first kappa shape index (κ1) is 12.7. The van der Waals surface area contributed by atoms with Crippen molar-refractivity contribution in [1.82, 2.24) is 15.6 Å². The number of hydrogen-bond acceptors (Lipinski definition) is 6. The Morgan fingerprint density at radius 1 is 1.61 bits per heavy atom. The molecule has 0 aromatic carbocycles. The number of nitrogens with two attached hydrogens (primary N) is 1. The molecule has 96 valence electrons. The second kappa shape index (κ2) is 5.71. The van der Waals surface area contributed by atoms with E-state index in [2.05, 4.69) is 26.4 Å². The van der Waals surface area contributed by atoms with E-state index in [-0.39, 0.29) is 18.3 Å². The van der Waals surface area contributed by atoms with E-state index in [1.807, 2.05) is 0 Å². The monoisotopic (exact) mass is 265 g/mol. The number of nitrogens with zero attached hydrogens (tertiary/aromatic N) is 2. The van der Waals surface area contributed by atoms with Crippen molar-refractivity contribution in [2.75, 3.05) is 43.4 Å². The van der Waals surface area contributed by atoms with Crippen molar-refractivity contribution >= 4 is 28.2 Å². The largest absolute Gasteiger partial charge is 0.382 e. The quantitative estimate of drug-likeness (QED) is 0.642. The molecule has 0 bridgehead atoms. The van der Waals surface area contributed by atoms with Gasteiger partial charge in [-0.3, -0.25) is 4.79 Å². The summed E-state index contributed by atoms with van der Waals surface area (Å²) in [7, 11) is 0. The Labute approximate surface area is 110 Å². The third-order valence-electron chi connectivity index (χ3n) is 2.59. The van der Waals surface area contributed by atoms with Crippen molar-refractivity contribution in [2.24, 2.45) is 0 Å². The molecule has 0 unspecified atom stereocenters. The molecule has 6 nitrogen and oxygen atoms in total. The number of aromatic nitrogens is 1. The van der Waals surface area contributed by atoms with Gasteiger partial charge in [0.2, 0.25) is 0 Å². The molecule has 0 spiro atoms. The van der Waals surface area contributed by atoms with Crippen molar-refractivity contribution in [3.8, 4) is 12.3 Å². The molecule has 0 radical (unpaired) electrons. The highest BCUT2D eigenvalue weighted by atomic mass is 32.1. The smallest absolute Gasteiger partial charge is 0.266 e. The first-order valence-electron chi connectivity index (χ1n) is 5.66. The molecule has 0 atom stereocenters. The average Bonchev–Trinajstić information content (AvgIpc) is 2.79. The molecule has 2 heterocycles. The van der Waals surface area contributed by atoms with Crippen LogP contribution >= 0.6 is 11.3 Å². The van der Waals surface area contributed by atoms with Crippen LogP contribution in [0.3, 0.4) is 0 Å². The minimum absolute atomic E-state index is 0.194. The molecule has 1 aliphatic heterocycles. The lowest BCUT2D eigenvalue weighted by molar-refractivity contribution is 0.0963. The third kappa shape index (κ3) is 2.72. The second-order valence-corrected chi connectivity index (χ2v) is 4.81. The number of hydrogen-bond donors (Lipinski definition) is 3. The van der Waals surface area contributed by atoms with Crippen LogP contribution in [0.25, 0.3) is 0 Å². The van der Waals surface area contributed by atoms with Crippen LogP contribution in [0.2, 0.25) is 0 Å². The zero-order valence-electron chi connectivity index (χ0n) is 9.90. The number of thiazole rings is 1. The van der Waals surface area contributed by atoms with E-state index in [0.717, 1.165) is 31.3 Å². The lowest BCUT2D eigenvalue weighted by Gasteiger charge is -2.26. The number of nitrogen functional groups attached to an aromatic ring is 1. The summed E-state index contributed by atoms with van der Waals surface area (Å²) in [6.07, 6.45) is 5.09. The molecule has 18 heavy (non-hydrogen) atoms. The predicted octanol–water partition coefficient (Wildman–Crippen LogP) is -0.502. The number of piperazine rings is 1. The van der Waals surface area contributed by atoms with E-state index >= 15 is 0 Å². The summed E-state index contributed by atoms with van der Waals surface area (Å²) in [5.41, 5.74) is 5.77. The summed E-state index contributed by atoms with van der Waals surface area (Å²) in [6, 6.07) is 0. The molecule has 4 N–H and O–H groups in total. The van der Waals surface area contributed by atoms with E-state index in [9.17, 15) is 4.79 Å². The molecular weight excluding hydrogens is 250 g/mol. The van der Waals surface area contributed by atoms with Crippen LogP contribution in [-0.2, 0) is 0 Å². The van der Waals surface area contributed by atoms with E-state index in [1.165, 1.54) is 11.3 Å². The highest BCUT2D eigenvalue weighted by Crippen LogP contribution is 2.28. The van der Waals surface area contributed by atoms with Gasteiger partial charge in [0.05, 0.1) is 6.54 Å². The summed E-state index contributed by atoms with van der Waals surface area (Å²) in [6.45, 7) is 3.77. The van der Waals surface area contributed by atoms with Gasteiger partial charge in [0, 0.05) is 26.2 Å². The van der Waals surface area contributed by atoms with Gasteiger partial charge in [-0.05, 0) is 0 Å². The molecule has 2 rings (SSSR count). The first-order valence-corrected chi connectivity index (χ1v) is 6.47. The molecule has 1 aromatic rings. The van der Waals surface area contributed by atoms with Gasteiger partial charge in [-0.2, -0.15) is 0 Å². The second-order valence-electron chi connectivity index (χ2n) is 3.83. The highest BCUT2D eigenvalue weighted by molar-refractivity contribution is 7.18. The Morgan fingerprint density at radius 2 is 2.33 bits per heavy atom. The van der Waals surface area contributed by atoms with E-state index in [1.54, 1.807) is 0 Å². The molecule has 1 aliphatic rings. The molecule has 0 saturated carbocycles. The molecule has 1 aromatic heterocycles. The minimum atomic E-state index is -0.260. The Bertz CT molecular complexity index is 472. The topological polar surface area (TPSA) is 83.3 Å². The SMILES string of the molecule is C#CCNC(=O)c1sc(N2CCNCC2)nc1N. The predicted molar refractivity (Wildman–Crippen MR) is 72.8 cm³/mol. The van der Waals surface area contributed by atoms with Crippen LogP contribution in [-0.4, -0.2) is 43.6 Å². The Morgan fingerprint density at radius 3 is 3.00 bits per heavy atom. The molecule has 0 aliphatic carbocycles. The standard InChI is InChI=1S/C11H15N5OS/c1-2-3-14-10(17)8-9(12)15-11(18-8)16-6-4-13-5-7-16/h1,13H,3-7,12H2,(H,14,17). The summed E-state index contributed by atoms with van der Waals surface area (Å²) < 4.78 is 0. The van der Waals surface area contributed by atoms with Gasteiger partial charge in [-0.25, -0.2) is 4.98 Å². The van der Waals surface area contributed by atoms with Crippen molar-refractivity contribution in [2.45, 2.75) is 0 Å². The van der Waals surface area contributed by atoms with E-state index < -0.39 is 0 Å². The zero-order chi connectivity index (χ0) is 13.0. The van der Waals surface area contributed by atoms with Crippen LogP contribution < -0.4 is 21.3 Å². The van der Waals surface area contributed by atoms with Gasteiger partial charge in [0.15, 0.2) is 5.13 Å². The summed E-state index contributed by atoms with van der Waals surface area (Å²) in [5.74, 6) is 2.36. The van der Waals surface area contributed by atoms with Gasteiger partial charge < -0.3 is 21.3 Å². The van der Waals surface area contributed by atoms with Crippen molar-refractivity contribution in [3.63, 3.8) is 0 Å². The lowest BCUT2D eigenvalue weighted by Crippen LogP contribution is -2.43. The number of rotatable bonds is 3. The Hall–Kier alpha value is -1.78. The highest BCUT2D eigenvalue weighted by Gasteiger charge is 2.20. The number of amides is 1. The third-order valence-corrected chi connectivity index (χ3v) is 3.72. The maximum Gasteiger partial charge on any atom is 0.266 e. The maximum atomic E-state index is 11.8. The van der Waals surface area contributed by atoms with Crippen molar-refractivity contribution < 1.29 is 4.79 Å². The molecular formula is C11H15N5OS. The van der Waals surface area contributed by atoms with Gasteiger partial charge in [0.25, 0.3) is 5.91 Å². The number of terminal acetylenes is 1. The van der Waals surface area contributed by atoms with E-state index in [0.29, 0.717) is 4.88 Å².